The average Bonchev–Trinajstić information content (AvgIpc) is 2.46. The predicted octanol–water partition coefficient (Wildman–Crippen LogP) is 2.87. The van der Waals surface area contributed by atoms with Gasteiger partial charge in [0.25, 0.3) is 5.91 Å². The first kappa shape index (κ1) is 17.4. The minimum Gasteiger partial charge on any atom is -0.332 e. The van der Waals surface area contributed by atoms with Crippen molar-refractivity contribution >= 4 is 50.4 Å². The molecule has 0 spiro atoms. The van der Waals surface area contributed by atoms with Gasteiger partial charge in [-0.2, -0.15) is 0 Å². The van der Waals surface area contributed by atoms with Crippen molar-refractivity contribution in [3.8, 4) is 0 Å². The van der Waals surface area contributed by atoms with E-state index in [1.54, 1.807) is 30.3 Å². The third kappa shape index (κ3) is 5.02. The number of nitrogens with one attached hydrogen (secondary N) is 2. The first-order valence-electron chi connectivity index (χ1n) is 6.44. The van der Waals surface area contributed by atoms with E-state index in [0.717, 1.165) is 6.26 Å². The zero-order chi connectivity index (χ0) is 17.0. The Morgan fingerprint density at radius 2 is 1.83 bits per heavy atom. The highest BCUT2D eigenvalue weighted by atomic mass is 35.5. The van der Waals surface area contributed by atoms with Crippen LogP contribution in [0.3, 0.4) is 0 Å². The predicted molar refractivity (Wildman–Crippen MR) is 94.7 cm³/mol. The summed E-state index contributed by atoms with van der Waals surface area (Å²) in [5.74, 6) is -0.413. The van der Waals surface area contributed by atoms with Crippen LogP contribution in [0.4, 0.5) is 5.69 Å². The Labute approximate surface area is 144 Å². The molecule has 23 heavy (non-hydrogen) atoms. The van der Waals surface area contributed by atoms with Crippen LogP contribution in [0.25, 0.3) is 0 Å². The number of halogens is 1. The van der Waals surface area contributed by atoms with Gasteiger partial charge in [-0.1, -0.05) is 23.7 Å². The molecule has 0 radical (unpaired) electrons. The normalized spacial score (nSPS) is 10.9. The molecule has 120 valence electrons. The highest BCUT2D eigenvalue weighted by molar-refractivity contribution is 7.90. The summed E-state index contributed by atoms with van der Waals surface area (Å²) >= 11 is 10.9. The third-order valence-corrected chi connectivity index (χ3v) is 4.38. The molecule has 0 aliphatic heterocycles. The topological polar surface area (TPSA) is 75.3 Å². The van der Waals surface area contributed by atoms with Crippen LogP contribution in [0.15, 0.2) is 53.4 Å². The van der Waals surface area contributed by atoms with Crippen LogP contribution in [0.2, 0.25) is 5.02 Å². The number of rotatable bonds is 3. The van der Waals surface area contributed by atoms with Crippen LogP contribution in [-0.4, -0.2) is 25.7 Å². The van der Waals surface area contributed by atoms with Crippen LogP contribution in [-0.2, 0) is 9.84 Å². The first-order valence-corrected chi connectivity index (χ1v) is 9.11. The summed E-state index contributed by atoms with van der Waals surface area (Å²) in [6, 6.07) is 12.6. The minimum absolute atomic E-state index is 0.0561. The number of anilines is 1. The van der Waals surface area contributed by atoms with Crippen molar-refractivity contribution in [2.75, 3.05) is 11.6 Å². The quantitative estimate of drug-likeness (QED) is 0.815. The van der Waals surface area contributed by atoms with E-state index in [1.165, 1.54) is 18.2 Å². The third-order valence-electron chi connectivity index (χ3n) is 2.83. The molecule has 8 heteroatoms. The van der Waals surface area contributed by atoms with Crippen LogP contribution in [0, 0.1) is 0 Å². The molecular weight excluding hydrogens is 356 g/mol. The Kier molecular flexibility index (Phi) is 5.35. The fourth-order valence-electron chi connectivity index (χ4n) is 1.77. The highest BCUT2D eigenvalue weighted by Gasteiger charge is 2.10. The van der Waals surface area contributed by atoms with E-state index in [4.69, 9.17) is 23.8 Å². The largest absolute Gasteiger partial charge is 0.332 e. The van der Waals surface area contributed by atoms with Crippen molar-refractivity contribution < 1.29 is 13.2 Å². The van der Waals surface area contributed by atoms with Crippen molar-refractivity contribution in [3.63, 3.8) is 0 Å². The summed E-state index contributed by atoms with van der Waals surface area (Å²) in [5.41, 5.74) is 0.829. The number of hydrogen-bond donors (Lipinski definition) is 2. The van der Waals surface area contributed by atoms with Crippen LogP contribution < -0.4 is 10.6 Å². The molecule has 2 aromatic rings. The summed E-state index contributed by atoms with van der Waals surface area (Å²) in [4.78, 5) is 12.2. The van der Waals surface area contributed by atoms with Gasteiger partial charge in [0.15, 0.2) is 14.9 Å². The fraction of sp³-hybridized carbons (Fsp3) is 0.0667. The molecule has 1 amide bonds. The molecule has 0 aliphatic rings. The zero-order valence-electron chi connectivity index (χ0n) is 12.0. The molecule has 2 aromatic carbocycles. The maximum Gasteiger partial charge on any atom is 0.257 e. The SMILES string of the molecule is CS(=O)(=O)c1cccc(NC(=S)NC(=O)c2cccc(Cl)c2)c1. The summed E-state index contributed by atoms with van der Waals surface area (Å²) in [6.07, 6.45) is 1.12. The standard InChI is InChI=1S/C15H13ClN2O3S2/c1-23(20,21)13-7-3-6-12(9-13)17-15(22)18-14(19)10-4-2-5-11(16)8-10/h2-9H,1H3,(H2,17,18,19,22). The fourth-order valence-corrected chi connectivity index (χ4v) is 2.84. The Morgan fingerprint density at radius 3 is 2.48 bits per heavy atom. The second-order valence-corrected chi connectivity index (χ2v) is 7.58. The maximum atomic E-state index is 12.0. The van der Waals surface area contributed by atoms with Crippen molar-refractivity contribution in [2.24, 2.45) is 0 Å². The summed E-state index contributed by atoms with van der Waals surface area (Å²) in [5, 5.41) is 5.77. The molecule has 0 aliphatic carbocycles. The molecule has 0 bridgehead atoms. The number of benzene rings is 2. The number of hydrogen-bond acceptors (Lipinski definition) is 4. The van der Waals surface area contributed by atoms with Gasteiger partial charge in [-0.25, -0.2) is 8.42 Å². The number of carbonyl (C=O) groups excluding carboxylic acids is 1. The van der Waals surface area contributed by atoms with Crippen LogP contribution >= 0.6 is 23.8 Å². The molecule has 0 aromatic heterocycles. The van der Waals surface area contributed by atoms with E-state index < -0.39 is 15.7 Å². The van der Waals surface area contributed by atoms with Gasteiger partial charge >= 0.3 is 0 Å². The number of sulfone groups is 1. The molecule has 5 nitrogen and oxygen atoms in total. The van der Waals surface area contributed by atoms with E-state index in [9.17, 15) is 13.2 Å². The minimum atomic E-state index is -3.32. The van der Waals surface area contributed by atoms with Gasteiger partial charge < -0.3 is 5.32 Å². The molecule has 0 unspecified atom stereocenters. The summed E-state index contributed by atoms with van der Waals surface area (Å²) in [7, 11) is -3.32. The molecule has 0 fully saturated rings. The molecule has 2 rings (SSSR count). The second kappa shape index (κ2) is 7.08. The van der Waals surface area contributed by atoms with Crippen LogP contribution in [0.5, 0.6) is 0 Å². The van der Waals surface area contributed by atoms with Gasteiger partial charge in [-0.15, -0.1) is 0 Å². The van der Waals surface area contributed by atoms with Crippen LogP contribution in [0.1, 0.15) is 10.4 Å². The van der Waals surface area contributed by atoms with E-state index >= 15 is 0 Å². The van der Waals surface area contributed by atoms with Gasteiger partial charge in [-0.3, -0.25) is 10.1 Å². The molecule has 0 saturated carbocycles. The monoisotopic (exact) mass is 368 g/mol. The lowest BCUT2D eigenvalue weighted by Gasteiger charge is -2.10. The average molecular weight is 369 g/mol. The molecule has 0 heterocycles. The second-order valence-electron chi connectivity index (χ2n) is 4.72. The molecule has 0 atom stereocenters. The van der Waals surface area contributed by atoms with Gasteiger partial charge in [0, 0.05) is 22.5 Å². The highest BCUT2D eigenvalue weighted by Crippen LogP contribution is 2.15. The van der Waals surface area contributed by atoms with E-state index in [0.29, 0.717) is 16.3 Å². The smallest absolute Gasteiger partial charge is 0.257 e. The van der Waals surface area contributed by atoms with E-state index in [1.807, 2.05) is 0 Å². The Hall–Kier alpha value is -1.96. The number of amides is 1. The maximum absolute atomic E-state index is 12.0. The number of carbonyl (C=O) groups is 1. The molecule has 2 N–H and O–H groups in total. The van der Waals surface area contributed by atoms with E-state index in [2.05, 4.69) is 10.6 Å². The Morgan fingerprint density at radius 1 is 1.13 bits per heavy atom. The van der Waals surface area contributed by atoms with Crippen molar-refractivity contribution in [2.45, 2.75) is 4.90 Å². The lowest BCUT2D eigenvalue weighted by molar-refractivity contribution is 0.0977. The lowest BCUT2D eigenvalue weighted by Crippen LogP contribution is -2.34. The first-order chi connectivity index (χ1) is 10.8. The van der Waals surface area contributed by atoms with Gasteiger partial charge in [0.05, 0.1) is 4.90 Å². The van der Waals surface area contributed by atoms with Gasteiger partial charge in [-0.05, 0) is 48.6 Å². The van der Waals surface area contributed by atoms with Crippen molar-refractivity contribution in [3.05, 3.63) is 59.1 Å². The Bertz CT molecular complexity index is 867. The Balaban J connectivity index is 2.07. The van der Waals surface area contributed by atoms with Gasteiger partial charge in [0.1, 0.15) is 0 Å². The lowest BCUT2D eigenvalue weighted by atomic mass is 10.2. The zero-order valence-corrected chi connectivity index (χ0v) is 14.4. The molecule has 0 saturated heterocycles. The van der Waals surface area contributed by atoms with Crippen molar-refractivity contribution in [1.82, 2.24) is 5.32 Å². The number of thiocarbonyl (C=S) groups is 1. The van der Waals surface area contributed by atoms with Crippen molar-refractivity contribution in [1.29, 1.82) is 0 Å². The van der Waals surface area contributed by atoms with Gasteiger partial charge in [0.2, 0.25) is 0 Å². The summed E-state index contributed by atoms with van der Waals surface area (Å²) in [6.45, 7) is 0. The van der Waals surface area contributed by atoms with E-state index in [-0.39, 0.29) is 10.0 Å². The molecular formula is C15H13ClN2O3S2. The summed E-state index contributed by atoms with van der Waals surface area (Å²) < 4.78 is 23.0.